The molecular formula is C10H10N2OS. The zero-order chi connectivity index (χ0) is 10.4. The zero-order valence-corrected chi connectivity index (χ0v) is 8.60. The third-order valence-corrected chi connectivity index (χ3v) is 2.20. The van der Waals surface area contributed by atoms with E-state index in [1.165, 1.54) is 6.08 Å². The maximum absolute atomic E-state index is 11.1. The van der Waals surface area contributed by atoms with Crippen molar-refractivity contribution in [3.63, 3.8) is 0 Å². The first-order valence-electron chi connectivity index (χ1n) is 4.04. The Bertz CT molecular complexity index is 387. The second-order valence-electron chi connectivity index (χ2n) is 2.55. The zero-order valence-electron chi connectivity index (χ0n) is 7.78. The van der Waals surface area contributed by atoms with Gasteiger partial charge in [-0.05, 0) is 13.0 Å². The third-order valence-electron chi connectivity index (χ3n) is 1.41. The van der Waals surface area contributed by atoms with Crippen LogP contribution in [-0.2, 0) is 4.79 Å². The van der Waals surface area contributed by atoms with Crippen LogP contribution >= 0.6 is 11.3 Å². The second kappa shape index (κ2) is 5.20. The number of carbonyl (C=O) groups is 1. The largest absolute Gasteiger partial charge is 0.342 e. The Balaban J connectivity index is 2.48. The van der Waals surface area contributed by atoms with Crippen molar-refractivity contribution in [2.45, 2.75) is 6.92 Å². The van der Waals surface area contributed by atoms with Gasteiger partial charge in [-0.25, -0.2) is 4.98 Å². The van der Waals surface area contributed by atoms with Crippen molar-refractivity contribution >= 4 is 23.3 Å². The number of terminal acetylenes is 1. The maximum Gasteiger partial charge on any atom is 0.244 e. The van der Waals surface area contributed by atoms with Crippen LogP contribution in [0.5, 0.6) is 0 Å². The molecule has 0 aliphatic rings. The number of aryl methyl sites for hydroxylation is 1. The van der Waals surface area contributed by atoms with Crippen LogP contribution in [-0.4, -0.2) is 17.4 Å². The molecule has 0 radical (unpaired) electrons. The van der Waals surface area contributed by atoms with Gasteiger partial charge in [-0.15, -0.1) is 17.8 Å². The number of carbonyl (C=O) groups excluding carboxylic acids is 1. The molecule has 0 spiro atoms. The first-order valence-corrected chi connectivity index (χ1v) is 4.92. The molecule has 4 heteroatoms. The number of rotatable bonds is 3. The fourth-order valence-electron chi connectivity index (χ4n) is 0.815. The summed E-state index contributed by atoms with van der Waals surface area (Å²) >= 11 is 1.55. The lowest BCUT2D eigenvalue weighted by Gasteiger charge is -1.92. The topological polar surface area (TPSA) is 42.0 Å². The first-order chi connectivity index (χ1) is 6.72. The number of thiazole rings is 1. The average molecular weight is 206 g/mol. The van der Waals surface area contributed by atoms with Gasteiger partial charge in [0.25, 0.3) is 0 Å². The molecule has 0 saturated heterocycles. The predicted octanol–water partition coefficient (Wildman–Crippen LogP) is 1.21. The minimum absolute atomic E-state index is 0.200. The van der Waals surface area contributed by atoms with Crippen LogP contribution < -0.4 is 5.32 Å². The number of hydrogen-bond donors (Lipinski definition) is 1. The smallest absolute Gasteiger partial charge is 0.244 e. The van der Waals surface area contributed by atoms with E-state index in [4.69, 9.17) is 6.42 Å². The predicted molar refractivity (Wildman–Crippen MR) is 57.7 cm³/mol. The van der Waals surface area contributed by atoms with Gasteiger partial charge in [0.1, 0.15) is 0 Å². The Hall–Kier alpha value is -1.60. The molecule has 14 heavy (non-hydrogen) atoms. The van der Waals surface area contributed by atoms with Gasteiger partial charge in [0.2, 0.25) is 5.91 Å². The molecule has 1 aromatic heterocycles. The quantitative estimate of drug-likeness (QED) is 0.596. The molecule has 1 amide bonds. The van der Waals surface area contributed by atoms with Gasteiger partial charge < -0.3 is 5.32 Å². The molecule has 3 nitrogen and oxygen atoms in total. The normalized spacial score (nSPS) is 10.0. The van der Waals surface area contributed by atoms with Crippen LogP contribution in [0, 0.1) is 19.3 Å². The summed E-state index contributed by atoms with van der Waals surface area (Å²) in [4.78, 5) is 15.2. The summed E-state index contributed by atoms with van der Waals surface area (Å²) in [5.41, 5.74) is 0.795. The molecule has 0 unspecified atom stereocenters. The molecule has 0 bridgehead atoms. The van der Waals surface area contributed by atoms with E-state index in [-0.39, 0.29) is 12.5 Å². The molecule has 72 valence electrons. The SMILES string of the molecule is C#CCNC(=O)/C=C\c1csc(C)n1. The monoisotopic (exact) mass is 206 g/mol. The molecule has 0 fully saturated rings. The van der Waals surface area contributed by atoms with E-state index in [1.807, 2.05) is 12.3 Å². The highest BCUT2D eigenvalue weighted by Gasteiger charge is 1.95. The van der Waals surface area contributed by atoms with Crippen LogP contribution in [0.4, 0.5) is 0 Å². The van der Waals surface area contributed by atoms with Gasteiger partial charge in [-0.2, -0.15) is 0 Å². The van der Waals surface area contributed by atoms with Crippen molar-refractivity contribution < 1.29 is 4.79 Å². The summed E-state index contributed by atoms with van der Waals surface area (Å²) in [7, 11) is 0. The highest BCUT2D eigenvalue weighted by Crippen LogP contribution is 2.08. The minimum Gasteiger partial charge on any atom is -0.342 e. The maximum atomic E-state index is 11.1. The fourth-order valence-corrected chi connectivity index (χ4v) is 1.40. The molecule has 1 aromatic rings. The molecule has 0 saturated carbocycles. The van der Waals surface area contributed by atoms with Crippen LogP contribution in [0.15, 0.2) is 11.5 Å². The Morgan fingerprint density at radius 2 is 2.64 bits per heavy atom. The number of nitrogens with zero attached hydrogens (tertiary/aromatic N) is 1. The third kappa shape index (κ3) is 3.42. The summed E-state index contributed by atoms with van der Waals surface area (Å²) < 4.78 is 0. The Kier molecular flexibility index (Phi) is 3.89. The Morgan fingerprint density at radius 3 is 3.21 bits per heavy atom. The van der Waals surface area contributed by atoms with Crippen molar-refractivity contribution in [2.24, 2.45) is 0 Å². The number of nitrogens with one attached hydrogen (secondary N) is 1. The van der Waals surface area contributed by atoms with Crippen molar-refractivity contribution in [3.05, 3.63) is 22.2 Å². The standard InChI is InChI=1S/C10H10N2OS/c1-3-6-11-10(13)5-4-9-7-14-8(2)12-9/h1,4-5,7H,6H2,2H3,(H,11,13)/b5-4-. The number of hydrogen-bond acceptors (Lipinski definition) is 3. The molecule has 0 atom stereocenters. The van der Waals surface area contributed by atoms with E-state index in [0.717, 1.165) is 10.7 Å². The summed E-state index contributed by atoms with van der Waals surface area (Å²) in [6, 6.07) is 0. The molecule has 1 rings (SSSR count). The van der Waals surface area contributed by atoms with E-state index in [1.54, 1.807) is 17.4 Å². The Labute approximate surface area is 86.9 Å². The number of aromatic nitrogens is 1. The van der Waals surface area contributed by atoms with E-state index in [9.17, 15) is 4.79 Å². The van der Waals surface area contributed by atoms with E-state index in [0.29, 0.717) is 0 Å². The first kappa shape index (κ1) is 10.5. The fraction of sp³-hybridized carbons (Fsp3) is 0.200. The van der Waals surface area contributed by atoms with Crippen molar-refractivity contribution in [1.29, 1.82) is 0 Å². The van der Waals surface area contributed by atoms with E-state index >= 15 is 0 Å². The van der Waals surface area contributed by atoms with Gasteiger partial charge in [-0.1, -0.05) is 5.92 Å². The van der Waals surface area contributed by atoms with Gasteiger partial charge in [0.15, 0.2) is 0 Å². The van der Waals surface area contributed by atoms with E-state index < -0.39 is 0 Å². The van der Waals surface area contributed by atoms with Crippen LogP contribution in [0.1, 0.15) is 10.7 Å². The molecular weight excluding hydrogens is 196 g/mol. The van der Waals surface area contributed by atoms with Gasteiger partial charge in [0, 0.05) is 11.5 Å². The van der Waals surface area contributed by atoms with Gasteiger partial charge in [-0.3, -0.25) is 4.79 Å². The minimum atomic E-state index is -0.200. The lowest BCUT2D eigenvalue weighted by molar-refractivity contribution is -0.116. The summed E-state index contributed by atoms with van der Waals surface area (Å²) in [6.07, 6.45) is 8.07. The van der Waals surface area contributed by atoms with Crippen molar-refractivity contribution in [2.75, 3.05) is 6.54 Å². The van der Waals surface area contributed by atoms with Crippen LogP contribution in [0.3, 0.4) is 0 Å². The lowest BCUT2D eigenvalue weighted by atomic mass is 10.4. The van der Waals surface area contributed by atoms with Crippen molar-refractivity contribution in [1.82, 2.24) is 10.3 Å². The number of amides is 1. The molecule has 0 aromatic carbocycles. The van der Waals surface area contributed by atoms with Crippen LogP contribution in [0.25, 0.3) is 6.08 Å². The second-order valence-corrected chi connectivity index (χ2v) is 3.61. The van der Waals surface area contributed by atoms with E-state index in [2.05, 4.69) is 16.2 Å². The van der Waals surface area contributed by atoms with Crippen LogP contribution in [0.2, 0.25) is 0 Å². The molecule has 0 aliphatic carbocycles. The highest BCUT2D eigenvalue weighted by molar-refractivity contribution is 7.09. The Morgan fingerprint density at radius 1 is 1.86 bits per heavy atom. The van der Waals surface area contributed by atoms with Gasteiger partial charge >= 0.3 is 0 Å². The summed E-state index contributed by atoms with van der Waals surface area (Å²) in [5, 5.41) is 5.39. The molecule has 1 N–H and O–H groups in total. The summed E-state index contributed by atoms with van der Waals surface area (Å²) in [5.74, 6) is 2.12. The van der Waals surface area contributed by atoms with Crippen molar-refractivity contribution in [3.8, 4) is 12.3 Å². The summed E-state index contributed by atoms with van der Waals surface area (Å²) in [6.45, 7) is 2.17. The molecule has 0 aliphatic heterocycles. The molecule has 1 heterocycles. The highest BCUT2D eigenvalue weighted by atomic mass is 32.1. The average Bonchev–Trinajstić information content (AvgIpc) is 2.58. The lowest BCUT2D eigenvalue weighted by Crippen LogP contribution is -2.20. The van der Waals surface area contributed by atoms with Gasteiger partial charge in [0.05, 0.1) is 17.2 Å².